The number of guanidine groups is 1. The molecule has 0 bridgehead atoms. The lowest BCUT2D eigenvalue weighted by Crippen LogP contribution is -2.51. The smallest absolute Gasteiger partial charge is 0.251 e. The van der Waals surface area contributed by atoms with Gasteiger partial charge in [-0.25, -0.2) is 0 Å². The average molecular weight is 365 g/mol. The van der Waals surface area contributed by atoms with Gasteiger partial charge in [0, 0.05) is 42.2 Å². The van der Waals surface area contributed by atoms with Crippen LogP contribution in [-0.2, 0) is 0 Å². The van der Waals surface area contributed by atoms with Crippen molar-refractivity contribution < 1.29 is 9.90 Å². The van der Waals surface area contributed by atoms with Crippen molar-refractivity contribution in [2.75, 3.05) is 38.5 Å². The molecule has 0 spiro atoms. The fraction of sp³-hybridized carbons (Fsp3) is 0.556. The number of phenolic OH excluding ortho intramolecular Hbond substituents is 1. The summed E-state index contributed by atoms with van der Waals surface area (Å²) in [5, 5.41) is 15.5. The highest BCUT2D eigenvalue weighted by atomic mass is 32.2. The number of benzene rings is 1. The summed E-state index contributed by atoms with van der Waals surface area (Å²) in [6.07, 6.45) is 0. The maximum Gasteiger partial charge on any atom is 0.251 e. The normalized spacial score (nSPS) is 17.2. The molecule has 0 aromatic heterocycles. The Hall–Kier alpha value is -1.89. The van der Waals surface area contributed by atoms with Crippen molar-refractivity contribution in [3.05, 3.63) is 29.8 Å². The van der Waals surface area contributed by atoms with Gasteiger partial charge in [0.15, 0.2) is 5.96 Å². The van der Waals surface area contributed by atoms with E-state index < -0.39 is 0 Å². The van der Waals surface area contributed by atoms with E-state index in [2.05, 4.69) is 41.3 Å². The van der Waals surface area contributed by atoms with Crippen LogP contribution in [0.2, 0.25) is 0 Å². The highest BCUT2D eigenvalue weighted by Gasteiger charge is 2.28. The monoisotopic (exact) mass is 364 g/mol. The van der Waals surface area contributed by atoms with Crippen LogP contribution in [0.4, 0.5) is 0 Å². The van der Waals surface area contributed by atoms with Gasteiger partial charge in [0.1, 0.15) is 5.75 Å². The number of phenols is 1. The second-order valence-corrected chi connectivity index (χ2v) is 8.37. The fourth-order valence-electron chi connectivity index (χ4n) is 2.67. The minimum Gasteiger partial charge on any atom is -0.508 e. The van der Waals surface area contributed by atoms with Crippen molar-refractivity contribution in [2.45, 2.75) is 25.5 Å². The quantitative estimate of drug-likeness (QED) is 0.423. The highest BCUT2D eigenvalue weighted by molar-refractivity contribution is 8.00. The molecule has 138 valence electrons. The number of thioether (sulfide) groups is 1. The number of amides is 1. The van der Waals surface area contributed by atoms with E-state index in [1.807, 2.05) is 11.8 Å². The van der Waals surface area contributed by atoms with Crippen molar-refractivity contribution in [1.82, 2.24) is 15.5 Å². The summed E-state index contributed by atoms with van der Waals surface area (Å²) >= 11 is 1.99. The molecular formula is C18H28N4O2S. The summed E-state index contributed by atoms with van der Waals surface area (Å²) < 4.78 is 0.224. The first-order valence-corrected chi connectivity index (χ1v) is 9.64. The molecule has 1 aliphatic heterocycles. The maximum absolute atomic E-state index is 12.0. The summed E-state index contributed by atoms with van der Waals surface area (Å²) in [5.41, 5.74) is 0.531. The molecule has 7 heteroatoms. The first-order valence-electron chi connectivity index (χ1n) is 8.66. The highest BCUT2D eigenvalue weighted by Crippen LogP contribution is 2.29. The van der Waals surface area contributed by atoms with Gasteiger partial charge < -0.3 is 20.6 Å². The number of nitrogens with zero attached hydrogens (tertiary/aromatic N) is 2. The number of hydrogen-bond acceptors (Lipinski definition) is 4. The average Bonchev–Trinajstić information content (AvgIpc) is 2.57. The van der Waals surface area contributed by atoms with E-state index in [0.717, 1.165) is 31.3 Å². The third-order valence-corrected chi connectivity index (χ3v) is 5.15. The van der Waals surface area contributed by atoms with Crippen LogP contribution >= 0.6 is 11.8 Å². The first kappa shape index (κ1) is 19.4. The molecule has 0 atom stereocenters. The molecule has 1 heterocycles. The summed E-state index contributed by atoms with van der Waals surface area (Å²) in [6, 6.07) is 6.22. The summed E-state index contributed by atoms with van der Waals surface area (Å²) in [4.78, 5) is 19.0. The molecule has 6 nitrogen and oxygen atoms in total. The van der Waals surface area contributed by atoms with Gasteiger partial charge in [0.25, 0.3) is 5.91 Å². The number of carbonyl (C=O) groups excluding carboxylic acids is 1. The summed E-state index contributed by atoms with van der Waals surface area (Å²) in [6.45, 7) is 10.3. The van der Waals surface area contributed by atoms with E-state index in [-0.39, 0.29) is 16.4 Å². The Labute approximate surface area is 154 Å². The van der Waals surface area contributed by atoms with Crippen LogP contribution in [0.1, 0.15) is 31.1 Å². The number of hydrogen-bond donors (Lipinski definition) is 3. The zero-order chi connectivity index (χ0) is 18.3. The molecule has 0 unspecified atom stereocenters. The van der Waals surface area contributed by atoms with E-state index >= 15 is 0 Å². The van der Waals surface area contributed by atoms with Gasteiger partial charge in [-0.05, 0) is 45.0 Å². The Morgan fingerprint density at radius 2 is 2.04 bits per heavy atom. The molecular weight excluding hydrogens is 336 g/mol. The largest absolute Gasteiger partial charge is 0.508 e. The van der Waals surface area contributed by atoms with Gasteiger partial charge in [0.2, 0.25) is 0 Å². The van der Waals surface area contributed by atoms with Crippen LogP contribution < -0.4 is 10.6 Å². The Morgan fingerprint density at radius 3 is 2.68 bits per heavy atom. The molecule has 1 aromatic rings. The van der Waals surface area contributed by atoms with Crippen molar-refractivity contribution in [3.8, 4) is 5.75 Å². The van der Waals surface area contributed by atoms with Crippen molar-refractivity contribution in [3.63, 3.8) is 0 Å². The molecule has 1 saturated heterocycles. The van der Waals surface area contributed by atoms with Crippen LogP contribution in [0.25, 0.3) is 0 Å². The Morgan fingerprint density at radius 1 is 1.32 bits per heavy atom. The summed E-state index contributed by atoms with van der Waals surface area (Å²) in [5.74, 6) is 2.00. The second kappa shape index (κ2) is 8.99. The molecule has 25 heavy (non-hydrogen) atoms. The van der Waals surface area contributed by atoms with E-state index in [1.165, 1.54) is 12.1 Å². The standard InChI is InChI=1S/C18H28N4O2S/c1-4-19-17(22-11-12-25-18(2,3)13-22)21-10-9-20-16(24)14-5-7-15(23)8-6-14/h5-8,23H,4,9-13H2,1-3H3,(H,19,21)(H,20,24). The van der Waals surface area contributed by atoms with Gasteiger partial charge in [0.05, 0.1) is 6.54 Å². The third kappa shape index (κ3) is 6.16. The molecule has 1 aliphatic rings. The molecule has 1 aromatic carbocycles. The molecule has 0 saturated carbocycles. The van der Waals surface area contributed by atoms with Crippen molar-refractivity contribution in [1.29, 1.82) is 0 Å². The predicted octanol–water partition coefficient (Wildman–Crippen LogP) is 1.91. The summed E-state index contributed by atoms with van der Waals surface area (Å²) in [7, 11) is 0. The Kier molecular flexibility index (Phi) is 6.99. The lowest BCUT2D eigenvalue weighted by atomic mass is 10.2. The van der Waals surface area contributed by atoms with Crippen LogP contribution in [0.5, 0.6) is 5.75 Å². The van der Waals surface area contributed by atoms with E-state index in [1.54, 1.807) is 12.1 Å². The zero-order valence-corrected chi connectivity index (χ0v) is 16.0. The topological polar surface area (TPSA) is 77.0 Å². The second-order valence-electron chi connectivity index (χ2n) is 6.57. The number of aliphatic imine (C=N–C) groups is 1. The number of nitrogens with one attached hydrogen (secondary N) is 2. The predicted molar refractivity (Wildman–Crippen MR) is 105 cm³/mol. The lowest BCUT2D eigenvalue weighted by molar-refractivity contribution is 0.0955. The fourth-order valence-corrected chi connectivity index (χ4v) is 3.78. The van der Waals surface area contributed by atoms with E-state index in [9.17, 15) is 9.90 Å². The SMILES string of the molecule is CCNC(=NCCNC(=O)c1ccc(O)cc1)N1CCSC(C)(C)C1. The maximum atomic E-state index is 12.0. The molecule has 2 rings (SSSR count). The molecule has 1 fully saturated rings. The lowest BCUT2D eigenvalue weighted by Gasteiger charge is -2.39. The van der Waals surface area contributed by atoms with E-state index in [0.29, 0.717) is 18.7 Å². The van der Waals surface area contributed by atoms with Gasteiger partial charge in [-0.2, -0.15) is 11.8 Å². The third-order valence-electron chi connectivity index (χ3n) is 3.85. The van der Waals surface area contributed by atoms with Gasteiger partial charge in [-0.1, -0.05) is 0 Å². The van der Waals surface area contributed by atoms with Gasteiger partial charge in [-0.15, -0.1) is 0 Å². The van der Waals surface area contributed by atoms with Crippen LogP contribution in [0.3, 0.4) is 0 Å². The van der Waals surface area contributed by atoms with Crippen molar-refractivity contribution in [2.24, 2.45) is 4.99 Å². The first-order chi connectivity index (χ1) is 11.9. The van der Waals surface area contributed by atoms with Crippen molar-refractivity contribution >= 4 is 23.6 Å². The minimum absolute atomic E-state index is 0.152. The van der Waals surface area contributed by atoms with Gasteiger partial charge >= 0.3 is 0 Å². The van der Waals surface area contributed by atoms with E-state index in [4.69, 9.17) is 0 Å². The molecule has 3 N–H and O–H groups in total. The van der Waals surface area contributed by atoms with Crippen LogP contribution in [0.15, 0.2) is 29.3 Å². The number of carbonyl (C=O) groups is 1. The number of rotatable bonds is 5. The number of aromatic hydroxyl groups is 1. The molecule has 0 radical (unpaired) electrons. The van der Waals surface area contributed by atoms with Gasteiger partial charge in [-0.3, -0.25) is 9.79 Å². The Balaban J connectivity index is 1.86. The molecule has 1 amide bonds. The Bertz CT molecular complexity index is 602. The minimum atomic E-state index is -0.157. The zero-order valence-electron chi connectivity index (χ0n) is 15.2. The molecule has 0 aliphatic carbocycles. The van der Waals surface area contributed by atoms with Crippen LogP contribution in [0, 0.1) is 0 Å². The van der Waals surface area contributed by atoms with Crippen LogP contribution in [-0.4, -0.2) is 65.1 Å².